The van der Waals surface area contributed by atoms with Crippen molar-refractivity contribution in [3.8, 4) is 17.6 Å². The topological polar surface area (TPSA) is 29.5 Å². The summed E-state index contributed by atoms with van der Waals surface area (Å²) in [7, 11) is 0. The molecule has 0 fully saturated rings. The first-order valence-electron chi connectivity index (χ1n) is 6.27. The summed E-state index contributed by atoms with van der Waals surface area (Å²) in [6.07, 6.45) is 0. The quantitative estimate of drug-likeness (QED) is 0.869. The minimum Gasteiger partial charge on any atom is -0.489 e. The first kappa shape index (κ1) is 14.1. The van der Waals surface area contributed by atoms with Crippen molar-refractivity contribution in [1.29, 1.82) is 0 Å². The van der Waals surface area contributed by atoms with Crippen LogP contribution >= 0.6 is 0 Å². The van der Waals surface area contributed by atoms with E-state index in [1.165, 1.54) is 6.07 Å². The largest absolute Gasteiger partial charge is 0.489 e. The number of aliphatic hydroxyl groups is 1. The van der Waals surface area contributed by atoms with Crippen LogP contribution in [0.2, 0.25) is 0 Å². The van der Waals surface area contributed by atoms with E-state index in [1.807, 2.05) is 31.2 Å². The lowest BCUT2D eigenvalue weighted by atomic mass is 10.1. The average molecular weight is 270 g/mol. The summed E-state index contributed by atoms with van der Waals surface area (Å²) < 4.78 is 19.2. The maximum atomic E-state index is 13.5. The molecule has 1 N–H and O–H groups in total. The molecule has 0 saturated carbocycles. The lowest BCUT2D eigenvalue weighted by Crippen LogP contribution is -1.98. The number of halogens is 1. The fraction of sp³-hybridized carbons (Fsp3) is 0.176. The molecule has 0 atom stereocenters. The normalized spacial score (nSPS) is 9.75. The molecule has 0 aromatic heterocycles. The predicted octanol–water partition coefficient (Wildman–Crippen LogP) is 3.06. The summed E-state index contributed by atoms with van der Waals surface area (Å²) in [5.41, 5.74) is 2.15. The van der Waals surface area contributed by atoms with Gasteiger partial charge < -0.3 is 9.84 Å². The fourth-order valence-electron chi connectivity index (χ4n) is 1.77. The summed E-state index contributed by atoms with van der Waals surface area (Å²) in [5, 5.41) is 8.65. The van der Waals surface area contributed by atoms with Crippen LogP contribution in [-0.2, 0) is 6.61 Å². The van der Waals surface area contributed by atoms with Gasteiger partial charge in [0, 0.05) is 0 Å². The van der Waals surface area contributed by atoms with Crippen molar-refractivity contribution in [3.63, 3.8) is 0 Å². The zero-order chi connectivity index (χ0) is 14.4. The molecule has 2 rings (SSSR count). The first-order valence-corrected chi connectivity index (χ1v) is 6.27. The number of hydrogen-bond acceptors (Lipinski definition) is 2. The molecular weight excluding hydrogens is 255 g/mol. The van der Waals surface area contributed by atoms with Gasteiger partial charge in [-0.2, -0.15) is 0 Å². The van der Waals surface area contributed by atoms with Crippen LogP contribution in [0.5, 0.6) is 5.75 Å². The zero-order valence-electron chi connectivity index (χ0n) is 11.2. The number of hydrogen-bond donors (Lipinski definition) is 1. The van der Waals surface area contributed by atoms with Crippen molar-refractivity contribution in [2.75, 3.05) is 6.61 Å². The highest BCUT2D eigenvalue weighted by Gasteiger charge is 2.03. The Morgan fingerprint density at radius 3 is 2.75 bits per heavy atom. The smallest absolute Gasteiger partial charge is 0.138 e. The fourth-order valence-corrected chi connectivity index (χ4v) is 1.77. The van der Waals surface area contributed by atoms with E-state index in [2.05, 4.69) is 11.8 Å². The van der Waals surface area contributed by atoms with Crippen LogP contribution in [0, 0.1) is 24.6 Å². The van der Waals surface area contributed by atoms with Gasteiger partial charge in [0.05, 0.1) is 5.56 Å². The Balaban J connectivity index is 2.12. The van der Waals surface area contributed by atoms with Gasteiger partial charge in [-0.25, -0.2) is 4.39 Å². The standard InChI is InChI=1S/C17H15FO2/c1-13-5-2-3-7-17(13)20-12-14-8-9-16(18)15(11-14)6-4-10-19/h2-3,5,7-9,11,19H,10,12H2,1H3. The molecule has 0 bridgehead atoms. The SMILES string of the molecule is Cc1ccccc1OCc1ccc(F)c(C#CCO)c1. The number of aryl methyl sites for hydroxylation is 1. The van der Waals surface area contributed by atoms with Crippen molar-refractivity contribution in [3.05, 3.63) is 65.0 Å². The summed E-state index contributed by atoms with van der Waals surface area (Å²) in [6, 6.07) is 12.4. The third-order valence-corrected chi connectivity index (χ3v) is 2.82. The number of aliphatic hydroxyl groups excluding tert-OH is 1. The second-order valence-corrected chi connectivity index (χ2v) is 4.33. The van der Waals surface area contributed by atoms with E-state index in [-0.39, 0.29) is 12.2 Å². The van der Waals surface area contributed by atoms with Crippen molar-refractivity contribution in [2.45, 2.75) is 13.5 Å². The van der Waals surface area contributed by atoms with Crippen LogP contribution in [-0.4, -0.2) is 11.7 Å². The zero-order valence-corrected chi connectivity index (χ0v) is 11.2. The summed E-state index contributed by atoms with van der Waals surface area (Å²) in [6.45, 7) is 2.03. The van der Waals surface area contributed by atoms with Crippen molar-refractivity contribution in [1.82, 2.24) is 0 Å². The van der Waals surface area contributed by atoms with Crippen LogP contribution in [0.15, 0.2) is 42.5 Å². The van der Waals surface area contributed by atoms with Crippen molar-refractivity contribution < 1.29 is 14.2 Å². The molecule has 0 aliphatic carbocycles. The Hall–Kier alpha value is -2.31. The van der Waals surface area contributed by atoms with E-state index in [1.54, 1.807) is 12.1 Å². The van der Waals surface area contributed by atoms with Gasteiger partial charge >= 0.3 is 0 Å². The molecule has 0 heterocycles. The molecule has 0 amide bonds. The molecule has 0 spiro atoms. The van der Waals surface area contributed by atoms with Gasteiger partial charge in [0.1, 0.15) is 24.8 Å². The van der Waals surface area contributed by atoms with Crippen LogP contribution in [0.3, 0.4) is 0 Å². The van der Waals surface area contributed by atoms with Crippen LogP contribution in [0.1, 0.15) is 16.7 Å². The van der Waals surface area contributed by atoms with Gasteiger partial charge in [0.15, 0.2) is 0 Å². The van der Waals surface area contributed by atoms with Gasteiger partial charge in [-0.05, 0) is 36.2 Å². The molecule has 3 heteroatoms. The molecule has 2 aromatic carbocycles. The third-order valence-electron chi connectivity index (χ3n) is 2.82. The Morgan fingerprint density at radius 2 is 2.00 bits per heavy atom. The summed E-state index contributed by atoms with van der Waals surface area (Å²) in [5.74, 6) is 5.43. The molecule has 0 saturated heterocycles. The summed E-state index contributed by atoms with van der Waals surface area (Å²) >= 11 is 0. The van der Waals surface area contributed by atoms with Gasteiger partial charge in [0.25, 0.3) is 0 Å². The van der Waals surface area contributed by atoms with Gasteiger partial charge in [-0.15, -0.1) is 0 Å². The molecule has 0 radical (unpaired) electrons. The van der Waals surface area contributed by atoms with Crippen molar-refractivity contribution >= 4 is 0 Å². The third kappa shape index (κ3) is 3.59. The summed E-state index contributed by atoms with van der Waals surface area (Å²) in [4.78, 5) is 0. The molecule has 2 nitrogen and oxygen atoms in total. The number of ether oxygens (including phenoxy) is 1. The monoisotopic (exact) mass is 270 g/mol. The highest BCUT2D eigenvalue weighted by Crippen LogP contribution is 2.18. The Bertz CT molecular complexity index is 654. The number of rotatable bonds is 3. The molecule has 0 aliphatic rings. The molecule has 20 heavy (non-hydrogen) atoms. The van der Waals surface area contributed by atoms with Gasteiger partial charge in [0.2, 0.25) is 0 Å². The Labute approximate surface area is 117 Å². The molecule has 2 aromatic rings. The van der Waals surface area contributed by atoms with Crippen LogP contribution < -0.4 is 4.74 Å². The lowest BCUT2D eigenvalue weighted by molar-refractivity contribution is 0.304. The minimum absolute atomic E-state index is 0.268. The highest BCUT2D eigenvalue weighted by atomic mass is 19.1. The second kappa shape index (κ2) is 6.74. The number of para-hydroxylation sites is 1. The van der Waals surface area contributed by atoms with E-state index in [9.17, 15) is 4.39 Å². The highest BCUT2D eigenvalue weighted by molar-refractivity contribution is 5.39. The van der Waals surface area contributed by atoms with Crippen molar-refractivity contribution in [2.24, 2.45) is 0 Å². The second-order valence-electron chi connectivity index (χ2n) is 4.33. The van der Waals surface area contributed by atoms with Crippen LogP contribution in [0.25, 0.3) is 0 Å². The minimum atomic E-state index is -0.398. The molecule has 102 valence electrons. The van der Waals surface area contributed by atoms with Gasteiger partial charge in [-0.1, -0.05) is 36.1 Å². The Morgan fingerprint density at radius 1 is 1.20 bits per heavy atom. The van der Waals surface area contributed by atoms with E-state index in [0.29, 0.717) is 6.61 Å². The predicted molar refractivity (Wildman–Crippen MR) is 75.9 cm³/mol. The molecule has 0 aliphatic heterocycles. The maximum Gasteiger partial charge on any atom is 0.138 e. The first-order chi connectivity index (χ1) is 9.70. The van der Waals surface area contributed by atoms with E-state index in [0.717, 1.165) is 16.9 Å². The van der Waals surface area contributed by atoms with E-state index < -0.39 is 5.82 Å². The van der Waals surface area contributed by atoms with E-state index in [4.69, 9.17) is 9.84 Å². The average Bonchev–Trinajstić information content (AvgIpc) is 2.46. The van der Waals surface area contributed by atoms with Crippen LogP contribution in [0.4, 0.5) is 4.39 Å². The molecular formula is C17H15FO2. The number of benzene rings is 2. The molecule has 0 unspecified atom stereocenters. The maximum absolute atomic E-state index is 13.5. The Kier molecular flexibility index (Phi) is 4.75. The van der Waals surface area contributed by atoms with E-state index >= 15 is 0 Å². The van der Waals surface area contributed by atoms with Gasteiger partial charge in [-0.3, -0.25) is 0 Å². The lowest BCUT2D eigenvalue weighted by Gasteiger charge is -2.09.